The van der Waals surface area contributed by atoms with Crippen LogP contribution in [0.1, 0.15) is 20.7 Å². The molecule has 0 spiro atoms. The van der Waals surface area contributed by atoms with Crippen molar-refractivity contribution >= 4 is 11.8 Å². The van der Waals surface area contributed by atoms with E-state index in [9.17, 15) is 9.59 Å². The average Bonchev–Trinajstić information content (AvgIpc) is 2.30. The molecule has 6 nitrogen and oxygen atoms in total. The molecule has 78 valence electrons. The molecule has 0 atom stereocenters. The maximum Gasteiger partial charge on any atom is 0.264 e. The van der Waals surface area contributed by atoms with Crippen LogP contribution in [0.3, 0.4) is 0 Å². The van der Waals surface area contributed by atoms with Gasteiger partial charge in [0.15, 0.2) is 12.4 Å². The van der Waals surface area contributed by atoms with Gasteiger partial charge in [-0.1, -0.05) is 6.07 Å². The van der Waals surface area contributed by atoms with Crippen LogP contribution in [-0.2, 0) is 0 Å². The van der Waals surface area contributed by atoms with Gasteiger partial charge in [0.2, 0.25) is 0 Å². The second kappa shape index (κ2) is 5.13. The molecular weight excluding hydrogens is 208 g/mol. The third-order valence-corrected chi connectivity index (χ3v) is 1.73. The molecule has 0 aliphatic carbocycles. The standard InChI is InChI=1S/C10H6N4O2/c11-5-13-9(15)7-2-1-3-8(4-7)10(16)14-6-12/h1-4H,(H,13,15)(H,14,16). The summed E-state index contributed by atoms with van der Waals surface area (Å²) >= 11 is 0. The van der Waals surface area contributed by atoms with Gasteiger partial charge < -0.3 is 0 Å². The van der Waals surface area contributed by atoms with Gasteiger partial charge in [-0.2, -0.15) is 10.5 Å². The minimum atomic E-state index is -0.603. The fourth-order valence-corrected chi connectivity index (χ4v) is 1.05. The number of benzene rings is 1. The Morgan fingerprint density at radius 2 is 1.44 bits per heavy atom. The van der Waals surface area contributed by atoms with E-state index in [1.165, 1.54) is 36.7 Å². The number of nitriles is 2. The first-order valence-electron chi connectivity index (χ1n) is 4.18. The van der Waals surface area contributed by atoms with Crippen LogP contribution < -0.4 is 10.6 Å². The smallest absolute Gasteiger partial charge is 0.264 e. The first-order chi connectivity index (χ1) is 7.69. The van der Waals surface area contributed by atoms with Gasteiger partial charge in [0.1, 0.15) is 0 Å². The van der Waals surface area contributed by atoms with Crippen molar-refractivity contribution in [2.24, 2.45) is 0 Å². The van der Waals surface area contributed by atoms with Crippen molar-refractivity contribution in [3.63, 3.8) is 0 Å². The minimum Gasteiger partial charge on any atom is -0.268 e. The fraction of sp³-hybridized carbons (Fsp3) is 0. The van der Waals surface area contributed by atoms with Crippen molar-refractivity contribution in [3.8, 4) is 12.4 Å². The van der Waals surface area contributed by atoms with Gasteiger partial charge in [-0.3, -0.25) is 20.2 Å². The van der Waals surface area contributed by atoms with Crippen LogP contribution in [-0.4, -0.2) is 11.8 Å². The van der Waals surface area contributed by atoms with Gasteiger partial charge in [-0.25, -0.2) is 0 Å². The van der Waals surface area contributed by atoms with E-state index in [-0.39, 0.29) is 11.1 Å². The Morgan fingerprint density at radius 1 is 1.00 bits per heavy atom. The summed E-state index contributed by atoms with van der Waals surface area (Å²) in [4.78, 5) is 22.5. The Labute approximate surface area is 91.1 Å². The van der Waals surface area contributed by atoms with Gasteiger partial charge >= 0.3 is 0 Å². The highest BCUT2D eigenvalue weighted by Gasteiger charge is 2.09. The number of hydrogen-bond acceptors (Lipinski definition) is 4. The third kappa shape index (κ3) is 2.56. The molecule has 0 saturated heterocycles. The molecule has 0 aromatic heterocycles. The van der Waals surface area contributed by atoms with Crippen LogP contribution >= 0.6 is 0 Å². The number of amides is 2. The van der Waals surface area contributed by atoms with Crippen LogP contribution in [0.25, 0.3) is 0 Å². The number of rotatable bonds is 2. The lowest BCUT2D eigenvalue weighted by Crippen LogP contribution is -2.20. The number of nitrogens with one attached hydrogen (secondary N) is 2. The van der Waals surface area contributed by atoms with E-state index in [0.717, 1.165) is 0 Å². The molecule has 2 amide bonds. The molecule has 1 aromatic carbocycles. The third-order valence-electron chi connectivity index (χ3n) is 1.73. The molecule has 1 rings (SSSR count). The molecule has 2 N–H and O–H groups in total. The highest BCUT2D eigenvalue weighted by Crippen LogP contribution is 2.05. The van der Waals surface area contributed by atoms with E-state index in [2.05, 4.69) is 0 Å². The van der Waals surface area contributed by atoms with Crippen molar-refractivity contribution in [2.45, 2.75) is 0 Å². The average molecular weight is 214 g/mol. The van der Waals surface area contributed by atoms with Crippen molar-refractivity contribution in [1.82, 2.24) is 10.6 Å². The maximum atomic E-state index is 11.2. The van der Waals surface area contributed by atoms with Crippen LogP contribution in [0.2, 0.25) is 0 Å². The van der Waals surface area contributed by atoms with Gasteiger partial charge in [0, 0.05) is 11.1 Å². The SMILES string of the molecule is N#CNC(=O)c1cccc(C(=O)NC#N)c1. The second-order valence-corrected chi connectivity index (χ2v) is 2.71. The van der Waals surface area contributed by atoms with Crippen LogP contribution in [0, 0.1) is 22.9 Å². The highest BCUT2D eigenvalue weighted by atomic mass is 16.2. The Kier molecular flexibility index (Phi) is 3.59. The van der Waals surface area contributed by atoms with E-state index in [4.69, 9.17) is 10.5 Å². The largest absolute Gasteiger partial charge is 0.268 e. The molecule has 0 aliphatic heterocycles. The quantitative estimate of drug-likeness (QED) is 0.538. The highest BCUT2D eigenvalue weighted by molar-refractivity contribution is 6.00. The lowest BCUT2D eigenvalue weighted by atomic mass is 10.1. The summed E-state index contributed by atoms with van der Waals surface area (Å²) in [6, 6.07) is 5.68. The second-order valence-electron chi connectivity index (χ2n) is 2.71. The molecule has 0 fully saturated rings. The Morgan fingerprint density at radius 3 is 1.81 bits per heavy atom. The van der Waals surface area contributed by atoms with Gasteiger partial charge in [-0.05, 0) is 18.2 Å². The maximum absolute atomic E-state index is 11.2. The number of carbonyl (C=O) groups is 2. The molecule has 0 unspecified atom stereocenters. The Hall–Kier alpha value is -2.86. The summed E-state index contributed by atoms with van der Waals surface area (Å²) in [6.45, 7) is 0. The van der Waals surface area contributed by atoms with Crippen molar-refractivity contribution in [1.29, 1.82) is 10.5 Å². The predicted molar refractivity (Wildman–Crippen MR) is 52.6 cm³/mol. The van der Waals surface area contributed by atoms with Crippen LogP contribution in [0.4, 0.5) is 0 Å². The summed E-state index contributed by atoms with van der Waals surface area (Å²) < 4.78 is 0. The predicted octanol–water partition coefficient (Wildman–Crippen LogP) is 0.108. The summed E-state index contributed by atoms with van der Waals surface area (Å²) in [5.41, 5.74) is 0.347. The normalized spacial score (nSPS) is 8.38. The first kappa shape index (κ1) is 11.2. The zero-order valence-electron chi connectivity index (χ0n) is 8.02. The van der Waals surface area contributed by atoms with E-state index in [0.29, 0.717) is 0 Å². The molecular formula is C10H6N4O2. The van der Waals surface area contributed by atoms with E-state index in [1.54, 1.807) is 0 Å². The Bertz CT molecular complexity index is 467. The van der Waals surface area contributed by atoms with Gasteiger partial charge in [0.25, 0.3) is 11.8 Å². The van der Waals surface area contributed by atoms with Crippen molar-refractivity contribution in [2.75, 3.05) is 0 Å². The lowest BCUT2D eigenvalue weighted by molar-refractivity contribution is 0.0972. The molecule has 0 radical (unpaired) electrons. The molecule has 16 heavy (non-hydrogen) atoms. The Balaban J connectivity index is 2.97. The molecule has 6 heteroatoms. The zero-order valence-corrected chi connectivity index (χ0v) is 8.02. The summed E-state index contributed by atoms with van der Waals surface area (Å²) in [7, 11) is 0. The van der Waals surface area contributed by atoms with Crippen molar-refractivity contribution < 1.29 is 9.59 Å². The van der Waals surface area contributed by atoms with Crippen LogP contribution in [0.15, 0.2) is 24.3 Å². The molecule has 0 aliphatic rings. The lowest BCUT2D eigenvalue weighted by Gasteiger charge is -2.00. The minimum absolute atomic E-state index is 0.173. The van der Waals surface area contributed by atoms with E-state index < -0.39 is 11.8 Å². The topological polar surface area (TPSA) is 106 Å². The molecule has 0 bridgehead atoms. The van der Waals surface area contributed by atoms with Crippen molar-refractivity contribution in [3.05, 3.63) is 35.4 Å². The molecule has 1 aromatic rings. The zero-order chi connectivity index (χ0) is 12.0. The van der Waals surface area contributed by atoms with Gasteiger partial charge in [-0.15, -0.1) is 0 Å². The fourth-order valence-electron chi connectivity index (χ4n) is 1.05. The number of nitrogens with zero attached hydrogens (tertiary/aromatic N) is 2. The number of hydrogen-bond donors (Lipinski definition) is 2. The van der Waals surface area contributed by atoms with Gasteiger partial charge in [0.05, 0.1) is 0 Å². The number of carbonyl (C=O) groups excluding carboxylic acids is 2. The summed E-state index contributed by atoms with van der Waals surface area (Å²) in [5, 5.41) is 20.4. The first-order valence-corrected chi connectivity index (χ1v) is 4.18. The monoisotopic (exact) mass is 214 g/mol. The summed E-state index contributed by atoms with van der Waals surface area (Å²) in [5.74, 6) is -1.21. The van der Waals surface area contributed by atoms with Crippen LogP contribution in [0.5, 0.6) is 0 Å². The molecule has 0 heterocycles. The summed E-state index contributed by atoms with van der Waals surface area (Å²) in [6.07, 6.45) is 2.97. The van der Waals surface area contributed by atoms with E-state index in [1.807, 2.05) is 10.6 Å². The van der Waals surface area contributed by atoms with E-state index >= 15 is 0 Å². The molecule has 0 saturated carbocycles.